The van der Waals surface area contributed by atoms with Crippen LogP contribution in [0.5, 0.6) is 0 Å². The van der Waals surface area contributed by atoms with E-state index in [4.69, 9.17) is 5.11 Å². The van der Waals surface area contributed by atoms with Crippen molar-refractivity contribution in [2.45, 2.75) is 6.54 Å². The number of hydrogen-bond acceptors (Lipinski definition) is 3. The molecule has 1 heterocycles. The molecule has 0 saturated heterocycles. The van der Waals surface area contributed by atoms with Crippen molar-refractivity contribution in [2.75, 3.05) is 0 Å². The third kappa shape index (κ3) is 3.19. The Balaban J connectivity index is 2.22. The number of aryl methyl sites for hydroxylation is 1. The zero-order chi connectivity index (χ0) is 13.8. The van der Waals surface area contributed by atoms with Crippen LogP contribution in [0.2, 0.25) is 0 Å². The molecule has 2 rings (SSSR count). The van der Waals surface area contributed by atoms with Crippen LogP contribution in [-0.4, -0.2) is 25.4 Å². The van der Waals surface area contributed by atoms with E-state index in [9.17, 15) is 9.59 Å². The second-order valence-corrected chi connectivity index (χ2v) is 4.10. The van der Waals surface area contributed by atoms with E-state index in [0.717, 1.165) is 17.2 Å². The lowest BCUT2D eigenvalue weighted by Gasteiger charge is -2.02. The number of aromatic nitrogens is 3. The third-order valence-electron chi connectivity index (χ3n) is 2.59. The Kier molecular flexibility index (Phi) is 3.61. The molecule has 6 heteroatoms. The van der Waals surface area contributed by atoms with Crippen LogP contribution in [0, 0.1) is 0 Å². The largest absolute Gasteiger partial charge is 0.478 e. The quantitative estimate of drug-likeness (QED) is 0.821. The smallest absolute Gasteiger partial charge is 0.345 e. The fourth-order valence-electron chi connectivity index (χ4n) is 1.66. The van der Waals surface area contributed by atoms with Gasteiger partial charge in [0.05, 0.1) is 6.54 Å². The standard InChI is InChI=1S/C13H13N3O3/c1-15-9-14-16(13(15)19)8-11-4-2-3-10(7-11)5-6-12(17)18/h2-7,9H,8H2,1H3,(H,17,18)/b6-5+. The average Bonchev–Trinajstić information content (AvgIpc) is 2.69. The minimum Gasteiger partial charge on any atom is -0.478 e. The van der Waals surface area contributed by atoms with Crippen molar-refractivity contribution in [1.29, 1.82) is 0 Å². The molecule has 98 valence electrons. The minimum atomic E-state index is -0.994. The number of carboxylic acid groups (broad SMARTS) is 1. The van der Waals surface area contributed by atoms with E-state index in [-0.39, 0.29) is 5.69 Å². The van der Waals surface area contributed by atoms with Crippen molar-refractivity contribution < 1.29 is 9.90 Å². The SMILES string of the molecule is Cn1cnn(Cc2cccc(/C=C/C(=O)O)c2)c1=O. The first-order chi connectivity index (χ1) is 9.06. The minimum absolute atomic E-state index is 0.188. The highest BCUT2D eigenvalue weighted by atomic mass is 16.4. The zero-order valence-corrected chi connectivity index (χ0v) is 10.4. The van der Waals surface area contributed by atoms with Gasteiger partial charge in [0.25, 0.3) is 0 Å². The van der Waals surface area contributed by atoms with Crippen LogP contribution in [0.15, 0.2) is 41.5 Å². The van der Waals surface area contributed by atoms with Gasteiger partial charge in [0, 0.05) is 13.1 Å². The molecule has 0 aliphatic rings. The summed E-state index contributed by atoms with van der Waals surface area (Å²) in [6, 6.07) is 7.29. The van der Waals surface area contributed by atoms with E-state index in [0.29, 0.717) is 6.54 Å². The molecule has 0 saturated carbocycles. The van der Waals surface area contributed by atoms with E-state index >= 15 is 0 Å². The van der Waals surface area contributed by atoms with Gasteiger partial charge < -0.3 is 5.11 Å². The lowest BCUT2D eigenvalue weighted by atomic mass is 10.1. The predicted octanol–water partition coefficient (Wildman–Crippen LogP) is 0.728. The zero-order valence-electron chi connectivity index (χ0n) is 10.4. The van der Waals surface area contributed by atoms with Gasteiger partial charge in [-0.2, -0.15) is 5.10 Å². The highest BCUT2D eigenvalue weighted by Gasteiger charge is 2.02. The Bertz CT molecular complexity index is 682. The molecule has 1 aromatic carbocycles. The molecular formula is C13H13N3O3. The van der Waals surface area contributed by atoms with Crippen LogP contribution in [0.25, 0.3) is 6.08 Å². The molecule has 2 aromatic rings. The Hall–Kier alpha value is -2.63. The molecule has 0 amide bonds. The summed E-state index contributed by atoms with van der Waals surface area (Å²) in [4.78, 5) is 22.1. The maximum absolute atomic E-state index is 11.6. The highest BCUT2D eigenvalue weighted by molar-refractivity contribution is 5.85. The van der Waals surface area contributed by atoms with Crippen LogP contribution in [-0.2, 0) is 18.4 Å². The Morgan fingerprint density at radius 1 is 1.47 bits per heavy atom. The number of nitrogens with zero attached hydrogens (tertiary/aromatic N) is 3. The second kappa shape index (κ2) is 5.34. The Labute approximate surface area is 109 Å². The molecule has 0 aliphatic carbocycles. The van der Waals surface area contributed by atoms with E-state index < -0.39 is 5.97 Å². The summed E-state index contributed by atoms with van der Waals surface area (Å²) in [6.07, 6.45) is 4.04. The number of carbonyl (C=O) groups is 1. The van der Waals surface area contributed by atoms with E-state index in [1.165, 1.54) is 21.7 Å². The lowest BCUT2D eigenvalue weighted by molar-refractivity contribution is -0.131. The van der Waals surface area contributed by atoms with Crippen LogP contribution < -0.4 is 5.69 Å². The maximum Gasteiger partial charge on any atom is 0.345 e. The Morgan fingerprint density at radius 2 is 2.26 bits per heavy atom. The first-order valence-electron chi connectivity index (χ1n) is 5.64. The molecule has 0 bridgehead atoms. The monoisotopic (exact) mass is 259 g/mol. The van der Waals surface area contributed by atoms with Gasteiger partial charge in [-0.05, 0) is 23.3 Å². The van der Waals surface area contributed by atoms with Crippen molar-refractivity contribution in [3.05, 3.63) is 58.3 Å². The van der Waals surface area contributed by atoms with Gasteiger partial charge in [-0.1, -0.05) is 18.2 Å². The number of carboxylic acids is 1. The third-order valence-corrected chi connectivity index (χ3v) is 2.59. The van der Waals surface area contributed by atoms with Gasteiger partial charge >= 0.3 is 11.7 Å². The highest BCUT2D eigenvalue weighted by Crippen LogP contribution is 2.07. The summed E-state index contributed by atoms with van der Waals surface area (Å²) in [7, 11) is 1.64. The van der Waals surface area contributed by atoms with E-state index in [1.807, 2.05) is 18.2 Å². The molecular weight excluding hydrogens is 246 g/mol. The van der Waals surface area contributed by atoms with Gasteiger partial charge in [0.2, 0.25) is 0 Å². The van der Waals surface area contributed by atoms with Gasteiger partial charge in [0.1, 0.15) is 6.33 Å². The average molecular weight is 259 g/mol. The Morgan fingerprint density at radius 3 is 2.89 bits per heavy atom. The summed E-state index contributed by atoms with van der Waals surface area (Å²) < 4.78 is 2.74. The first-order valence-corrected chi connectivity index (χ1v) is 5.64. The first kappa shape index (κ1) is 12.8. The van der Waals surface area contributed by atoms with Crippen LogP contribution in [0.1, 0.15) is 11.1 Å². The van der Waals surface area contributed by atoms with Crippen molar-refractivity contribution in [3.63, 3.8) is 0 Å². The molecule has 0 aliphatic heterocycles. The topological polar surface area (TPSA) is 77.1 Å². The molecule has 0 radical (unpaired) electrons. The predicted molar refractivity (Wildman–Crippen MR) is 69.7 cm³/mol. The fourth-order valence-corrected chi connectivity index (χ4v) is 1.66. The molecule has 0 spiro atoms. The number of aliphatic carboxylic acids is 1. The molecule has 1 N–H and O–H groups in total. The molecule has 0 unspecified atom stereocenters. The number of benzene rings is 1. The lowest BCUT2D eigenvalue weighted by Crippen LogP contribution is -2.23. The van der Waals surface area contributed by atoms with Crippen LogP contribution >= 0.6 is 0 Å². The van der Waals surface area contributed by atoms with Crippen molar-refractivity contribution in [2.24, 2.45) is 7.05 Å². The van der Waals surface area contributed by atoms with E-state index in [2.05, 4.69) is 5.10 Å². The number of rotatable bonds is 4. The summed E-state index contributed by atoms with van der Waals surface area (Å²) in [5.41, 5.74) is 1.46. The normalized spacial score (nSPS) is 11.0. The summed E-state index contributed by atoms with van der Waals surface area (Å²) in [5, 5.41) is 12.5. The van der Waals surface area contributed by atoms with Gasteiger partial charge in [0.15, 0.2) is 0 Å². The maximum atomic E-state index is 11.6. The van der Waals surface area contributed by atoms with Crippen LogP contribution in [0.3, 0.4) is 0 Å². The molecule has 19 heavy (non-hydrogen) atoms. The van der Waals surface area contributed by atoms with Crippen molar-refractivity contribution >= 4 is 12.0 Å². The second-order valence-electron chi connectivity index (χ2n) is 4.10. The van der Waals surface area contributed by atoms with E-state index in [1.54, 1.807) is 13.1 Å². The van der Waals surface area contributed by atoms with Crippen molar-refractivity contribution in [3.8, 4) is 0 Å². The summed E-state index contributed by atoms with van der Waals surface area (Å²) in [6.45, 7) is 0.356. The van der Waals surface area contributed by atoms with Gasteiger partial charge in [-0.25, -0.2) is 14.3 Å². The number of hydrogen-bond donors (Lipinski definition) is 1. The van der Waals surface area contributed by atoms with Gasteiger partial charge in [-0.3, -0.25) is 4.57 Å². The molecule has 0 atom stereocenters. The molecule has 1 aromatic heterocycles. The van der Waals surface area contributed by atoms with Crippen molar-refractivity contribution in [1.82, 2.24) is 14.3 Å². The summed E-state index contributed by atoms with van der Waals surface area (Å²) >= 11 is 0. The van der Waals surface area contributed by atoms with Gasteiger partial charge in [-0.15, -0.1) is 0 Å². The molecule has 0 fully saturated rings. The van der Waals surface area contributed by atoms with Crippen LogP contribution in [0.4, 0.5) is 0 Å². The fraction of sp³-hybridized carbons (Fsp3) is 0.154. The summed E-state index contributed by atoms with van der Waals surface area (Å²) in [5.74, 6) is -0.994. The molecule has 6 nitrogen and oxygen atoms in total.